The number of aliphatic carboxylic acids is 1. The molecule has 0 atom stereocenters. The first-order valence-electron chi connectivity index (χ1n) is 9.10. The summed E-state index contributed by atoms with van der Waals surface area (Å²) in [5.74, 6) is -0.671. The third-order valence-corrected chi connectivity index (χ3v) is 3.34. The van der Waals surface area contributed by atoms with Gasteiger partial charge in [-0.3, -0.25) is 14.9 Å². The third kappa shape index (κ3) is 32.3. The first kappa shape index (κ1) is 24.6. The number of hydrogen-bond donors (Lipinski definition) is 1. The molecule has 0 amide bonds. The molecule has 0 aromatic heterocycles. The van der Waals surface area contributed by atoms with Gasteiger partial charge in [0.05, 0.1) is 0 Å². The van der Waals surface area contributed by atoms with Crippen molar-refractivity contribution < 1.29 is 14.8 Å². The zero-order valence-corrected chi connectivity index (χ0v) is 15.4. The highest BCUT2D eigenvalue weighted by atomic mass is 16.6. The van der Waals surface area contributed by atoms with Crippen molar-refractivity contribution in [3.63, 3.8) is 0 Å². The molecular formula is C19H35NO4. The van der Waals surface area contributed by atoms with Crippen molar-refractivity contribution in [2.24, 2.45) is 0 Å². The van der Waals surface area contributed by atoms with Crippen LogP contribution in [-0.2, 0) is 4.79 Å². The number of hydrogen-bond acceptors (Lipinski definition) is 3. The summed E-state index contributed by atoms with van der Waals surface area (Å²) in [5, 5.41) is 17.3. The van der Waals surface area contributed by atoms with E-state index in [1.807, 2.05) is 0 Å². The smallest absolute Gasteiger partial charge is 0.303 e. The van der Waals surface area contributed by atoms with Gasteiger partial charge in [-0.15, -0.1) is 0 Å². The SMILES string of the molecule is CCCCC/C=C\C/C=C\CCCCCCCC(=O)O.C[N+](=O)[O-]. The fourth-order valence-electron chi connectivity index (χ4n) is 2.09. The number of carbonyl (C=O) groups is 1. The van der Waals surface area contributed by atoms with E-state index >= 15 is 0 Å². The highest BCUT2D eigenvalue weighted by Crippen LogP contribution is 2.08. The molecule has 0 heterocycles. The summed E-state index contributed by atoms with van der Waals surface area (Å²) < 4.78 is 0. The summed E-state index contributed by atoms with van der Waals surface area (Å²) in [6, 6.07) is 0. The minimum Gasteiger partial charge on any atom is -0.481 e. The zero-order valence-electron chi connectivity index (χ0n) is 15.4. The zero-order chi connectivity index (χ0) is 18.5. The predicted octanol–water partition coefficient (Wildman–Crippen LogP) is 5.78. The molecule has 0 aliphatic carbocycles. The van der Waals surface area contributed by atoms with E-state index < -0.39 is 10.9 Å². The standard InChI is InChI=1S/C18H32O2.CH3NO2/c1-2-3-4-5-6-7-8-9-10-11-12-13-14-15-16-17-18(19)20;1-2(3)4/h6-7,9-10H,2-5,8,11-17H2,1H3,(H,19,20);1H3/b7-6-,10-9-;. The maximum Gasteiger partial charge on any atom is 0.303 e. The maximum atomic E-state index is 10.3. The quantitative estimate of drug-likeness (QED) is 0.188. The van der Waals surface area contributed by atoms with Gasteiger partial charge in [-0.2, -0.15) is 0 Å². The molecule has 0 fully saturated rings. The van der Waals surface area contributed by atoms with Crippen LogP contribution in [-0.4, -0.2) is 23.0 Å². The summed E-state index contributed by atoms with van der Waals surface area (Å²) in [6.07, 6.45) is 22.3. The second kappa shape index (κ2) is 21.4. The van der Waals surface area contributed by atoms with Gasteiger partial charge < -0.3 is 5.11 Å². The van der Waals surface area contributed by atoms with Crippen LogP contribution < -0.4 is 0 Å². The highest BCUT2D eigenvalue weighted by Gasteiger charge is 1.95. The van der Waals surface area contributed by atoms with E-state index in [2.05, 4.69) is 31.2 Å². The lowest BCUT2D eigenvalue weighted by molar-refractivity contribution is -0.445. The Hall–Kier alpha value is -1.65. The Kier molecular flexibility index (Phi) is 21.9. The van der Waals surface area contributed by atoms with Crippen molar-refractivity contribution in [3.05, 3.63) is 34.4 Å². The lowest BCUT2D eigenvalue weighted by atomic mass is 10.1. The molecule has 0 saturated heterocycles. The molecule has 5 heteroatoms. The van der Waals surface area contributed by atoms with Crippen LogP contribution in [0.1, 0.15) is 84.0 Å². The first-order chi connectivity index (χ1) is 11.5. The molecular weight excluding hydrogens is 306 g/mol. The number of carboxylic acid groups (broad SMARTS) is 1. The molecule has 0 unspecified atom stereocenters. The number of nitrogens with zero attached hydrogens (tertiary/aromatic N) is 1. The van der Waals surface area contributed by atoms with Gasteiger partial charge in [0, 0.05) is 11.3 Å². The molecule has 0 aliphatic rings. The molecule has 140 valence electrons. The normalized spacial score (nSPS) is 10.8. The second-order valence-corrected chi connectivity index (χ2v) is 5.81. The van der Waals surface area contributed by atoms with E-state index in [9.17, 15) is 4.79 Å². The van der Waals surface area contributed by atoms with Crippen LogP contribution in [0, 0.1) is 10.1 Å². The van der Waals surface area contributed by atoms with E-state index in [1.54, 1.807) is 0 Å². The van der Waals surface area contributed by atoms with Gasteiger partial charge in [-0.1, -0.05) is 63.3 Å². The minimum absolute atomic E-state index is 0.324. The van der Waals surface area contributed by atoms with Crippen LogP contribution in [0.4, 0.5) is 0 Å². The summed E-state index contributed by atoms with van der Waals surface area (Å²) in [6.45, 7) is 2.23. The lowest BCUT2D eigenvalue weighted by Crippen LogP contribution is -1.93. The van der Waals surface area contributed by atoms with Gasteiger partial charge in [0.15, 0.2) is 7.05 Å². The molecule has 5 nitrogen and oxygen atoms in total. The third-order valence-electron chi connectivity index (χ3n) is 3.34. The molecule has 0 rings (SSSR count). The molecule has 0 radical (unpaired) electrons. The monoisotopic (exact) mass is 341 g/mol. The minimum atomic E-state index is -0.671. The molecule has 0 aromatic carbocycles. The van der Waals surface area contributed by atoms with E-state index in [-0.39, 0.29) is 0 Å². The Morgan fingerprint density at radius 3 is 1.88 bits per heavy atom. The van der Waals surface area contributed by atoms with Crippen LogP contribution in [0.3, 0.4) is 0 Å². The second-order valence-electron chi connectivity index (χ2n) is 5.81. The Morgan fingerprint density at radius 1 is 0.917 bits per heavy atom. The Labute approximate surface area is 147 Å². The summed E-state index contributed by atoms with van der Waals surface area (Å²) >= 11 is 0. The van der Waals surface area contributed by atoms with Crippen LogP contribution in [0.15, 0.2) is 24.3 Å². The lowest BCUT2D eigenvalue weighted by Gasteiger charge is -1.98. The first-order valence-corrected chi connectivity index (χ1v) is 9.10. The molecule has 0 bridgehead atoms. The van der Waals surface area contributed by atoms with E-state index in [4.69, 9.17) is 15.2 Å². The van der Waals surface area contributed by atoms with Crippen molar-refractivity contribution in [2.45, 2.75) is 84.0 Å². The Morgan fingerprint density at radius 2 is 1.38 bits per heavy atom. The average molecular weight is 341 g/mol. The van der Waals surface area contributed by atoms with Crippen LogP contribution in [0.25, 0.3) is 0 Å². The van der Waals surface area contributed by atoms with Crippen molar-refractivity contribution in [3.8, 4) is 0 Å². The number of nitro groups is 1. The van der Waals surface area contributed by atoms with Gasteiger partial charge in [0.1, 0.15) is 0 Å². The predicted molar refractivity (Wildman–Crippen MR) is 99.9 cm³/mol. The summed E-state index contributed by atoms with van der Waals surface area (Å²) in [7, 11) is 0.889. The van der Waals surface area contributed by atoms with Crippen molar-refractivity contribution in [1.82, 2.24) is 0 Å². The van der Waals surface area contributed by atoms with E-state index in [1.165, 1.54) is 44.9 Å². The fraction of sp³-hybridized carbons (Fsp3) is 0.737. The fourth-order valence-corrected chi connectivity index (χ4v) is 2.09. The van der Waals surface area contributed by atoms with Gasteiger partial charge in [-0.25, -0.2) is 0 Å². The van der Waals surface area contributed by atoms with Crippen molar-refractivity contribution in [2.75, 3.05) is 7.05 Å². The van der Waals surface area contributed by atoms with Crippen LogP contribution >= 0.6 is 0 Å². The topological polar surface area (TPSA) is 80.4 Å². The Balaban J connectivity index is 0. The number of allylic oxidation sites excluding steroid dienone is 4. The largest absolute Gasteiger partial charge is 0.481 e. The maximum absolute atomic E-state index is 10.3. The molecule has 0 spiro atoms. The van der Waals surface area contributed by atoms with Crippen LogP contribution in [0.5, 0.6) is 0 Å². The number of carboxylic acids is 1. The average Bonchev–Trinajstić information content (AvgIpc) is 2.50. The van der Waals surface area contributed by atoms with Crippen molar-refractivity contribution in [1.29, 1.82) is 0 Å². The molecule has 0 aromatic rings. The summed E-state index contributed by atoms with van der Waals surface area (Å²) in [4.78, 5) is 18.6. The molecule has 1 N–H and O–H groups in total. The summed E-state index contributed by atoms with van der Waals surface area (Å²) in [5.41, 5.74) is 0. The van der Waals surface area contributed by atoms with Gasteiger partial charge in [0.25, 0.3) is 0 Å². The molecule has 24 heavy (non-hydrogen) atoms. The highest BCUT2D eigenvalue weighted by molar-refractivity contribution is 5.66. The molecule has 0 saturated carbocycles. The van der Waals surface area contributed by atoms with Gasteiger partial charge in [-0.05, 0) is 38.5 Å². The number of unbranched alkanes of at least 4 members (excludes halogenated alkanes) is 8. The van der Waals surface area contributed by atoms with E-state index in [0.29, 0.717) is 6.42 Å². The Bertz CT molecular complexity index is 347. The number of rotatable bonds is 14. The molecule has 0 aliphatic heterocycles. The van der Waals surface area contributed by atoms with Crippen molar-refractivity contribution >= 4 is 5.97 Å². The van der Waals surface area contributed by atoms with Crippen LogP contribution in [0.2, 0.25) is 0 Å². The van der Waals surface area contributed by atoms with E-state index in [0.717, 1.165) is 32.7 Å². The van der Waals surface area contributed by atoms with Gasteiger partial charge >= 0.3 is 5.97 Å². The van der Waals surface area contributed by atoms with Gasteiger partial charge in [0.2, 0.25) is 0 Å².